The molecule has 0 aliphatic rings. The van der Waals surface area contributed by atoms with Crippen LogP contribution >= 0.6 is 31.9 Å². The molecule has 0 amide bonds. The Morgan fingerprint density at radius 1 is 0.786 bits per heavy atom. The normalized spacial score (nSPS) is 10.6. The molecule has 0 fully saturated rings. The smallest absolute Gasteiger partial charge is 0.339 e. The number of aldehydes is 1. The maximum absolute atomic E-state index is 12.7. The molecule has 0 aliphatic carbocycles. The van der Waals surface area contributed by atoms with Crippen molar-refractivity contribution in [3.05, 3.63) is 42.3 Å². The van der Waals surface area contributed by atoms with E-state index in [-0.39, 0.29) is 0 Å². The van der Waals surface area contributed by atoms with Crippen molar-refractivity contribution in [2.24, 2.45) is 0 Å². The fourth-order valence-electron chi connectivity index (χ4n) is 3.64. The molecule has 2 aromatic carbocycles. The molecule has 2 rings (SSSR count). The highest BCUT2D eigenvalue weighted by Crippen LogP contribution is 2.47. The fraction of sp³-hybridized carbons (Fsp3) is 0.333. The third kappa shape index (κ3) is 3.35. The number of hydrogen-bond donors (Lipinski definition) is 0. The van der Waals surface area contributed by atoms with Crippen molar-refractivity contribution in [3.8, 4) is 22.6 Å². The summed E-state index contributed by atoms with van der Waals surface area (Å²) < 4.78 is 17.4. The molecule has 2 aromatic rings. The lowest BCUT2D eigenvalue weighted by molar-refractivity contribution is 0.0600. The number of carbonyl (C=O) groups excluding carboxylic acids is 2. The van der Waals surface area contributed by atoms with Crippen LogP contribution in [0.1, 0.15) is 43.0 Å². The van der Waals surface area contributed by atoms with Crippen molar-refractivity contribution in [3.63, 3.8) is 0 Å². The minimum absolute atomic E-state index is 0.335. The van der Waals surface area contributed by atoms with Gasteiger partial charge in [0.05, 0.1) is 26.9 Å². The molecule has 0 saturated heterocycles. The van der Waals surface area contributed by atoms with Crippen molar-refractivity contribution in [1.29, 1.82) is 0 Å². The number of hydrogen-bond acceptors (Lipinski definition) is 5. The minimum Gasteiger partial charge on any atom is -0.496 e. The first kappa shape index (κ1) is 22.4. The third-order valence-corrected chi connectivity index (χ3v) is 6.92. The number of methoxy groups -OCH3 is 3. The Kier molecular flexibility index (Phi) is 6.93. The molecule has 0 bridgehead atoms. The molecule has 0 heterocycles. The van der Waals surface area contributed by atoms with Crippen LogP contribution in [0.2, 0.25) is 0 Å². The molecule has 0 spiro atoms. The number of benzene rings is 2. The largest absolute Gasteiger partial charge is 0.496 e. The minimum atomic E-state index is -0.511. The summed E-state index contributed by atoms with van der Waals surface area (Å²) in [6, 6.07) is 0. The molecule has 0 unspecified atom stereocenters. The monoisotopic (exact) mass is 512 g/mol. The highest BCUT2D eigenvalue weighted by atomic mass is 79.9. The zero-order chi connectivity index (χ0) is 21.3. The molecule has 150 valence electrons. The van der Waals surface area contributed by atoms with E-state index >= 15 is 0 Å². The quantitative estimate of drug-likeness (QED) is 0.377. The van der Waals surface area contributed by atoms with Crippen LogP contribution in [0.3, 0.4) is 0 Å². The van der Waals surface area contributed by atoms with Crippen molar-refractivity contribution < 1.29 is 23.8 Å². The zero-order valence-electron chi connectivity index (χ0n) is 16.9. The van der Waals surface area contributed by atoms with Gasteiger partial charge in [0, 0.05) is 42.3 Å². The molecular weight excluding hydrogens is 492 g/mol. The number of rotatable bonds is 5. The first-order valence-electron chi connectivity index (χ1n) is 8.44. The van der Waals surface area contributed by atoms with E-state index < -0.39 is 5.97 Å². The van der Waals surface area contributed by atoms with Crippen molar-refractivity contribution >= 4 is 44.1 Å². The fourth-order valence-corrected chi connectivity index (χ4v) is 4.65. The first-order valence-corrected chi connectivity index (χ1v) is 10.0. The Labute approximate surface area is 181 Å². The van der Waals surface area contributed by atoms with E-state index in [1.165, 1.54) is 7.11 Å². The Hall–Kier alpha value is -1.86. The summed E-state index contributed by atoms with van der Waals surface area (Å²) in [4.78, 5) is 24.8. The van der Waals surface area contributed by atoms with Gasteiger partial charge >= 0.3 is 5.97 Å². The Balaban J connectivity index is 3.21. The van der Waals surface area contributed by atoms with E-state index in [0.717, 1.165) is 28.5 Å². The van der Waals surface area contributed by atoms with Crippen LogP contribution in [0.25, 0.3) is 11.1 Å². The van der Waals surface area contributed by atoms with Gasteiger partial charge in [-0.1, -0.05) is 0 Å². The van der Waals surface area contributed by atoms with Gasteiger partial charge in [-0.2, -0.15) is 0 Å². The molecule has 7 heteroatoms. The first-order chi connectivity index (χ1) is 13.2. The molecule has 0 N–H and O–H groups in total. The highest BCUT2D eigenvalue weighted by molar-refractivity contribution is 9.11. The molecule has 28 heavy (non-hydrogen) atoms. The molecular formula is C21H22Br2O5. The van der Waals surface area contributed by atoms with Crippen LogP contribution in [-0.2, 0) is 4.74 Å². The van der Waals surface area contributed by atoms with E-state index in [1.54, 1.807) is 14.2 Å². The molecule has 0 aromatic heterocycles. The standard InChI is InChI=1S/C21H22Br2O5/c1-9-14(13(8-24)17(22)11(3)19(9)26-5)15-10(2)20(27-6)12(4)18(23)16(15)21(25)28-7/h8H,1-7H3. The molecule has 0 saturated carbocycles. The van der Waals surface area contributed by atoms with Crippen LogP contribution in [-0.4, -0.2) is 33.6 Å². The summed E-state index contributed by atoms with van der Waals surface area (Å²) in [6.07, 6.45) is 0.777. The van der Waals surface area contributed by atoms with E-state index in [9.17, 15) is 9.59 Å². The summed E-state index contributed by atoms with van der Waals surface area (Å²) in [7, 11) is 4.47. The SMILES string of the molecule is COC(=O)c1c(Br)c(C)c(OC)c(C)c1-c1c(C)c(OC)c(C)c(Br)c1C=O. The lowest BCUT2D eigenvalue weighted by atomic mass is 9.85. The third-order valence-electron chi connectivity index (χ3n) is 4.91. The maximum Gasteiger partial charge on any atom is 0.339 e. The number of halogens is 2. The van der Waals surface area contributed by atoms with Gasteiger partial charge in [-0.3, -0.25) is 4.79 Å². The van der Waals surface area contributed by atoms with Crippen molar-refractivity contribution in [1.82, 2.24) is 0 Å². The Bertz CT molecular complexity index is 980. The lowest BCUT2D eigenvalue weighted by Crippen LogP contribution is -2.11. The van der Waals surface area contributed by atoms with Crippen molar-refractivity contribution in [2.45, 2.75) is 27.7 Å². The zero-order valence-corrected chi connectivity index (χ0v) is 20.0. The average molecular weight is 514 g/mol. The van der Waals surface area contributed by atoms with Crippen LogP contribution in [0.5, 0.6) is 11.5 Å². The van der Waals surface area contributed by atoms with Crippen LogP contribution in [0.4, 0.5) is 0 Å². The van der Waals surface area contributed by atoms with Crippen LogP contribution in [0, 0.1) is 27.7 Å². The highest BCUT2D eigenvalue weighted by Gasteiger charge is 2.30. The molecule has 0 atom stereocenters. The predicted molar refractivity (Wildman–Crippen MR) is 116 cm³/mol. The van der Waals surface area contributed by atoms with Gasteiger partial charge in [-0.25, -0.2) is 4.79 Å². The summed E-state index contributed by atoms with van der Waals surface area (Å²) in [5.41, 5.74) is 4.99. The van der Waals surface area contributed by atoms with Crippen LogP contribution in [0.15, 0.2) is 8.95 Å². The summed E-state index contributed by atoms with van der Waals surface area (Å²) in [5, 5.41) is 0. The number of carbonyl (C=O) groups is 2. The number of ether oxygens (including phenoxy) is 3. The number of esters is 1. The van der Waals surface area contributed by atoms with Crippen molar-refractivity contribution in [2.75, 3.05) is 21.3 Å². The van der Waals surface area contributed by atoms with E-state index in [2.05, 4.69) is 31.9 Å². The van der Waals surface area contributed by atoms with Gasteiger partial charge in [-0.15, -0.1) is 0 Å². The lowest BCUT2D eigenvalue weighted by Gasteiger charge is -2.24. The summed E-state index contributed by atoms with van der Waals surface area (Å²) in [6.45, 7) is 7.44. The maximum atomic E-state index is 12.7. The van der Waals surface area contributed by atoms with E-state index in [0.29, 0.717) is 42.7 Å². The van der Waals surface area contributed by atoms with Gasteiger partial charge in [-0.05, 0) is 65.1 Å². The van der Waals surface area contributed by atoms with Gasteiger partial charge in [0.15, 0.2) is 6.29 Å². The second-order valence-corrected chi connectivity index (χ2v) is 7.93. The molecule has 5 nitrogen and oxygen atoms in total. The second-order valence-electron chi connectivity index (χ2n) is 6.34. The molecule has 0 radical (unpaired) electrons. The molecule has 0 aliphatic heterocycles. The van der Waals surface area contributed by atoms with E-state index in [1.807, 2.05) is 27.7 Å². The summed E-state index contributed by atoms with van der Waals surface area (Å²) in [5.74, 6) is 0.752. The van der Waals surface area contributed by atoms with E-state index in [4.69, 9.17) is 14.2 Å². The van der Waals surface area contributed by atoms with Crippen LogP contribution < -0.4 is 9.47 Å². The van der Waals surface area contributed by atoms with Gasteiger partial charge in [0.2, 0.25) is 0 Å². The predicted octanol–water partition coefficient (Wildman–Crippen LogP) is 5.73. The summed E-state index contributed by atoms with van der Waals surface area (Å²) >= 11 is 7.04. The Morgan fingerprint density at radius 2 is 1.25 bits per heavy atom. The van der Waals surface area contributed by atoms with Gasteiger partial charge in [0.25, 0.3) is 0 Å². The second kappa shape index (κ2) is 8.66. The Morgan fingerprint density at radius 3 is 1.68 bits per heavy atom. The van der Waals surface area contributed by atoms with Gasteiger partial charge < -0.3 is 14.2 Å². The van der Waals surface area contributed by atoms with Gasteiger partial charge in [0.1, 0.15) is 11.5 Å². The topological polar surface area (TPSA) is 61.8 Å². The average Bonchev–Trinajstić information content (AvgIpc) is 2.68.